The van der Waals surface area contributed by atoms with E-state index in [2.05, 4.69) is 10.6 Å². The van der Waals surface area contributed by atoms with Crippen molar-refractivity contribution in [1.82, 2.24) is 5.32 Å². The number of nitrogens with one attached hydrogen (secondary N) is 2. The lowest BCUT2D eigenvalue weighted by Crippen LogP contribution is -2.53. The van der Waals surface area contributed by atoms with Crippen molar-refractivity contribution < 1.29 is 36.2 Å². The second kappa shape index (κ2) is 9.30. The topological polar surface area (TPSA) is 61.4 Å². The van der Waals surface area contributed by atoms with Crippen LogP contribution in [0.3, 0.4) is 0 Å². The van der Waals surface area contributed by atoms with Gasteiger partial charge in [-0.1, -0.05) is 37.5 Å². The minimum atomic E-state index is -5.96. The summed E-state index contributed by atoms with van der Waals surface area (Å²) in [6.07, 6.45) is -7.10. The smallest absolute Gasteiger partial charge is 0.369 e. The zero-order valence-electron chi connectivity index (χ0n) is 16.8. The van der Waals surface area contributed by atoms with Crippen molar-refractivity contribution in [3.63, 3.8) is 0 Å². The van der Waals surface area contributed by atoms with E-state index in [1.54, 1.807) is 17.5 Å². The molecule has 1 atom stereocenters. The van der Waals surface area contributed by atoms with E-state index in [1.807, 2.05) is 0 Å². The molecule has 1 aromatic carbocycles. The number of carbonyl (C=O) groups is 1. The van der Waals surface area contributed by atoms with Gasteiger partial charge >= 0.3 is 12.4 Å². The van der Waals surface area contributed by atoms with E-state index in [9.17, 15) is 36.2 Å². The van der Waals surface area contributed by atoms with Gasteiger partial charge in [0.25, 0.3) is 5.60 Å². The number of amides is 1. The molecule has 1 saturated carbocycles. The molecule has 0 saturated heterocycles. The summed E-state index contributed by atoms with van der Waals surface area (Å²) >= 11 is 1.29. The summed E-state index contributed by atoms with van der Waals surface area (Å²) in [5.74, 6) is -0.328. The van der Waals surface area contributed by atoms with Gasteiger partial charge in [0.1, 0.15) is 6.04 Å². The Hall–Kier alpha value is -2.27. The standard InChI is InChI=1S/C21H22F6N2O2S/c22-20(23,24)19(31,21(25,26)27)13-8-10-15(11-9-13)28-17(16-7-4-12-32-16)18(30)29-14-5-2-1-3-6-14/h4,7-12,14,17,28,31H,1-3,5-6H2,(H,29,30). The number of halogens is 6. The summed E-state index contributed by atoms with van der Waals surface area (Å²) in [6, 6.07) is 5.66. The Morgan fingerprint density at radius 1 is 0.969 bits per heavy atom. The van der Waals surface area contributed by atoms with E-state index >= 15 is 0 Å². The first-order valence-corrected chi connectivity index (χ1v) is 10.9. The molecule has 176 valence electrons. The zero-order chi connectivity index (χ0) is 23.6. The number of alkyl halides is 6. The van der Waals surface area contributed by atoms with Crippen LogP contribution in [0.25, 0.3) is 0 Å². The lowest BCUT2D eigenvalue weighted by Gasteiger charge is -2.32. The summed E-state index contributed by atoms with van der Waals surface area (Å²) in [6.45, 7) is 0. The second-order valence-electron chi connectivity index (χ2n) is 7.72. The number of carbonyl (C=O) groups excluding carboxylic acids is 1. The van der Waals surface area contributed by atoms with E-state index in [-0.39, 0.29) is 17.6 Å². The molecule has 1 heterocycles. The fourth-order valence-electron chi connectivity index (χ4n) is 3.72. The Kier molecular flexibility index (Phi) is 7.09. The summed E-state index contributed by atoms with van der Waals surface area (Å²) in [5.41, 5.74) is -6.22. The summed E-state index contributed by atoms with van der Waals surface area (Å²) in [5, 5.41) is 17.1. The lowest BCUT2D eigenvalue weighted by molar-refractivity contribution is -0.376. The molecule has 1 aliphatic rings. The molecule has 1 amide bonds. The SMILES string of the molecule is O=C(NC1CCCCC1)C(Nc1ccc(C(O)(C(F)(F)F)C(F)(F)F)cc1)c1cccs1. The van der Waals surface area contributed by atoms with Gasteiger partial charge in [0.2, 0.25) is 5.91 Å². The Bertz CT molecular complexity index is 877. The van der Waals surface area contributed by atoms with Crippen LogP contribution in [-0.2, 0) is 10.4 Å². The third-order valence-electron chi connectivity index (χ3n) is 5.48. The largest absolute Gasteiger partial charge is 0.430 e. The number of anilines is 1. The van der Waals surface area contributed by atoms with Crippen LogP contribution in [0, 0.1) is 0 Å². The molecule has 2 aromatic rings. The minimum Gasteiger partial charge on any atom is -0.369 e. The normalized spacial score (nSPS) is 17.1. The van der Waals surface area contributed by atoms with E-state index in [1.165, 1.54) is 11.3 Å². The van der Waals surface area contributed by atoms with Gasteiger partial charge in [-0.15, -0.1) is 11.3 Å². The van der Waals surface area contributed by atoms with Crippen molar-refractivity contribution in [2.45, 2.75) is 62.1 Å². The molecule has 4 nitrogen and oxygen atoms in total. The van der Waals surface area contributed by atoms with Gasteiger partial charge in [-0.25, -0.2) is 0 Å². The molecular formula is C21H22F6N2O2S. The molecule has 3 N–H and O–H groups in total. The predicted molar refractivity (Wildman–Crippen MR) is 108 cm³/mol. The third kappa shape index (κ3) is 5.03. The highest BCUT2D eigenvalue weighted by Gasteiger charge is 2.71. The van der Waals surface area contributed by atoms with Crippen LogP contribution in [0.1, 0.15) is 48.6 Å². The molecule has 3 rings (SSSR count). The molecule has 0 aliphatic heterocycles. The molecule has 0 radical (unpaired) electrons. The van der Waals surface area contributed by atoms with Gasteiger partial charge in [0.05, 0.1) is 0 Å². The molecule has 1 unspecified atom stereocenters. The molecule has 11 heteroatoms. The summed E-state index contributed by atoms with van der Waals surface area (Å²) < 4.78 is 78.4. The quantitative estimate of drug-likeness (QED) is 0.468. The lowest BCUT2D eigenvalue weighted by atomic mass is 9.92. The van der Waals surface area contributed by atoms with Gasteiger partial charge in [-0.05, 0) is 36.4 Å². The molecule has 0 bridgehead atoms. The van der Waals surface area contributed by atoms with Crippen molar-refractivity contribution >= 4 is 22.9 Å². The number of benzene rings is 1. The number of hydrogen-bond acceptors (Lipinski definition) is 4. The number of thiophene rings is 1. The van der Waals surface area contributed by atoms with E-state index < -0.39 is 29.6 Å². The van der Waals surface area contributed by atoms with Crippen LogP contribution < -0.4 is 10.6 Å². The fraction of sp³-hybridized carbons (Fsp3) is 0.476. The Labute approximate surface area is 184 Å². The molecule has 0 spiro atoms. The van der Waals surface area contributed by atoms with Crippen molar-refractivity contribution in [2.75, 3.05) is 5.32 Å². The zero-order valence-corrected chi connectivity index (χ0v) is 17.6. The average Bonchev–Trinajstić information content (AvgIpc) is 3.25. The van der Waals surface area contributed by atoms with Crippen LogP contribution in [0.2, 0.25) is 0 Å². The van der Waals surface area contributed by atoms with Crippen molar-refractivity contribution in [3.8, 4) is 0 Å². The highest BCUT2D eigenvalue weighted by atomic mass is 32.1. The van der Waals surface area contributed by atoms with Crippen LogP contribution in [0.4, 0.5) is 32.0 Å². The fourth-order valence-corrected chi connectivity index (χ4v) is 4.49. The number of aliphatic hydroxyl groups is 1. The van der Waals surface area contributed by atoms with E-state index in [0.717, 1.165) is 44.2 Å². The van der Waals surface area contributed by atoms with Crippen LogP contribution in [0.5, 0.6) is 0 Å². The number of hydrogen-bond donors (Lipinski definition) is 3. The van der Waals surface area contributed by atoms with Gasteiger partial charge in [0.15, 0.2) is 0 Å². The summed E-state index contributed by atoms with van der Waals surface area (Å²) in [7, 11) is 0. The first-order chi connectivity index (χ1) is 14.9. The van der Waals surface area contributed by atoms with Crippen molar-refractivity contribution in [3.05, 3.63) is 52.2 Å². The highest BCUT2D eigenvalue weighted by molar-refractivity contribution is 7.10. The Morgan fingerprint density at radius 3 is 2.06 bits per heavy atom. The molecule has 1 aromatic heterocycles. The Balaban J connectivity index is 1.82. The maximum Gasteiger partial charge on any atom is 0.430 e. The van der Waals surface area contributed by atoms with Crippen LogP contribution in [-0.4, -0.2) is 29.4 Å². The second-order valence-corrected chi connectivity index (χ2v) is 8.70. The minimum absolute atomic E-state index is 0.0245. The molecule has 1 aliphatic carbocycles. The summed E-state index contributed by atoms with van der Waals surface area (Å²) in [4.78, 5) is 13.5. The monoisotopic (exact) mass is 480 g/mol. The van der Waals surface area contributed by atoms with Gasteiger partial charge in [-0.2, -0.15) is 26.3 Å². The molecule has 1 fully saturated rings. The maximum absolute atomic E-state index is 13.1. The van der Waals surface area contributed by atoms with Crippen molar-refractivity contribution in [1.29, 1.82) is 0 Å². The van der Waals surface area contributed by atoms with Gasteiger partial charge in [0, 0.05) is 22.2 Å². The van der Waals surface area contributed by atoms with Crippen molar-refractivity contribution in [2.24, 2.45) is 0 Å². The molecular weight excluding hydrogens is 458 g/mol. The third-order valence-corrected chi connectivity index (χ3v) is 6.41. The highest BCUT2D eigenvalue weighted by Crippen LogP contribution is 2.50. The predicted octanol–water partition coefficient (Wildman–Crippen LogP) is 5.66. The first-order valence-electron chi connectivity index (χ1n) is 10.00. The van der Waals surface area contributed by atoms with Crippen LogP contribution in [0.15, 0.2) is 41.8 Å². The van der Waals surface area contributed by atoms with E-state index in [4.69, 9.17) is 0 Å². The van der Waals surface area contributed by atoms with Gasteiger partial charge in [-0.3, -0.25) is 4.79 Å². The average molecular weight is 480 g/mol. The van der Waals surface area contributed by atoms with Gasteiger partial charge < -0.3 is 15.7 Å². The maximum atomic E-state index is 13.1. The number of rotatable bonds is 6. The van der Waals surface area contributed by atoms with E-state index in [0.29, 0.717) is 17.0 Å². The molecule has 32 heavy (non-hydrogen) atoms. The van der Waals surface area contributed by atoms with Crippen LogP contribution >= 0.6 is 11.3 Å². The Morgan fingerprint density at radius 2 is 1.56 bits per heavy atom. The first kappa shape index (κ1) is 24.4.